The van der Waals surface area contributed by atoms with Crippen molar-refractivity contribution in [2.24, 2.45) is 0 Å². The Morgan fingerprint density at radius 3 is 2.80 bits per heavy atom. The van der Waals surface area contributed by atoms with E-state index >= 15 is 0 Å². The summed E-state index contributed by atoms with van der Waals surface area (Å²) in [5, 5.41) is 11.3. The predicted octanol–water partition coefficient (Wildman–Crippen LogP) is 3.99. The third-order valence-electron chi connectivity index (χ3n) is 2.86. The first-order valence-electron chi connectivity index (χ1n) is 6.01. The van der Waals surface area contributed by atoms with Gasteiger partial charge in [-0.2, -0.15) is 0 Å². The molecule has 0 aliphatic carbocycles. The van der Waals surface area contributed by atoms with Crippen LogP contribution in [-0.2, 0) is 0 Å². The summed E-state index contributed by atoms with van der Waals surface area (Å²) in [6, 6.07) is 13.0. The third kappa shape index (κ3) is 2.40. The molecular formula is C15H11NO3S. The maximum Gasteiger partial charge on any atom is 0.371 e. The largest absolute Gasteiger partial charge is 0.475 e. The van der Waals surface area contributed by atoms with Crippen LogP contribution in [0.15, 0.2) is 57.0 Å². The van der Waals surface area contributed by atoms with Gasteiger partial charge in [0, 0.05) is 5.39 Å². The number of pyridine rings is 1. The minimum Gasteiger partial charge on any atom is -0.475 e. The first-order valence-corrected chi connectivity index (χ1v) is 6.82. The number of aryl methyl sites for hydroxylation is 1. The fourth-order valence-electron chi connectivity index (χ4n) is 1.89. The van der Waals surface area contributed by atoms with Gasteiger partial charge in [0.25, 0.3) is 0 Å². The van der Waals surface area contributed by atoms with Crippen molar-refractivity contribution < 1.29 is 14.3 Å². The van der Waals surface area contributed by atoms with Crippen molar-refractivity contribution in [2.75, 3.05) is 0 Å². The molecule has 0 saturated carbocycles. The first kappa shape index (κ1) is 12.7. The fourth-order valence-corrected chi connectivity index (χ4v) is 2.71. The van der Waals surface area contributed by atoms with Gasteiger partial charge in [-0.05, 0) is 48.5 Å². The van der Waals surface area contributed by atoms with Crippen molar-refractivity contribution >= 4 is 28.6 Å². The van der Waals surface area contributed by atoms with E-state index in [1.54, 1.807) is 6.07 Å². The lowest BCUT2D eigenvalue weighted by Gasteiger charge is -2.05. The number of nitrogens with zero attached hydrogens (tertiary/aromatic N) is 1. The van der Waals surface area contributed by atoms with Crippen LogP contribution in [0.1, 0.15) is 16.1 Å². The molecule has 0 bridgehead atoms. The van der Waals surface area contributed by atoms with Crippen molar-refractivity contribution in [1.82, 2.24) is 4.98 Å². The van der Waals surface area contributed by atoms with E-state index < -0.39 is 5.97 Å². The van der Waals surface area contributed by atoms with Gasteiger partial charge in [-0.1, -0.05) is 18.2 Å². The monoisotopic (exact) mass is 285 g/mol. The molecule has 0 radical (unpaired) electrons. The van der Waals surface area contributed by atoms with E-state index in [1.807, 2.05) is 31.2 Å². The summed E-state index contributed by atoms with van der Waals surface area (Å²) in [5.74, 6) is -1.13. The minimum atomic E-state index is -1.07. The Balaban J connectivity index is 1.97. The molecule has 0 unspecified atom stereocenters. The van der Waals surface area contributed by atoms with Crippen LogP contribution in [0.25, 0.3) is 10.9 Å². The molecule has 0 saturated heterocycles. The zero-order valence-electron chi connectivity index (χ0n) is 10.7. The zero-order valence-corrected chi connectivity index (χ0v) is 11.5. The second-order valence-corrected chi connectivity index (χ2v) is 5.32. The molecule has 0 aliphatic heterocycles. The van der Waals surface area contributed by atoms with Crippen LogP contribution in [-0.4, -0.2) is 16.1 Å². The predicted molar refractivity (Wildman–Crippen MR) is 76.3 cm³/mol. The highest BCUT2D eigenvalue weighted by atomic mass is 32.2. The topological polar surface area (TPSA) is 63.3 Å². The van der Waals surface area contributed by atoms with Crippen molar-refractivity contribution in [3.63, 3.8) is 0 Å². The molecular weight excluding hydrogens is 274 g/mol. The smallest absolute Gasteiger partial charge is 0.371 e. The van der Waals surface area contributed by atoms with Crippen LogP contribution in [0.3, 0.4) is 0 Å². The molecule has 20 heavy (non-hydrogen) atoms. The molecule has 0 aliphatic rings. The molecule has 3 aromatic rings. The Hall–Kier alpha value is -2.27. The number of carboxylic acids is 1. The van der Waals surface area contributed by atoms with Gasteiger partial charge in [-0.3, -0.25) is 0 Å². The van der Waals surface area contributed by atoms with Crippen molar-refractivity contribution in [3.8, 4) is 0 Å². The van der Waals surface area contributed by atoms with Gasteiger partial charge in [-0.25, -0.2) is 9.78 Å². The van der Waals surface area contributed by atoms with Crippen LogP contribution in [0, 0.1) is 6.92 Å². The lowest BCUT2D eigenvalue weighted by molar-refractivity contribution is 0.0656. The van der Waals surface area contributed by atoms with E-state index in [9.17, 15) is 4.79 Å². The number of fused-ring (bicyclic) bond motifs is 1. The number of aromatic carboxylic acids is 1. The number of carbonyl (C=O) groups is 1. The average Bonchev–Trinajstić information content (AvgIpc) is 2.88. The quantitative estimate of drug-likeness (QED) is 0.788. The van der Waals surface area contributed by atoms with E-state index in [4.69, 9.17) is 9.52 Å². The summed E-state index contributed by atoms with van der Waals surface area (Å²) < 4.78 is 5.24. The Bertz CT molecular complexity index is 795. The number of benzene rings is 1. The van der Waals surface area contributed by atoms with Gasteiger partial charge in [0.2, 0.25) is 5.76 Å². The van der Waals surface area contributed by atoms with Crippen molar-refractivity contribution in [3.05, 3.63) is 53.8 Å². The van der Waals surface area contributed by atoms with Crippen LogP contribution in [0.5, 0.6) is 0 Å². The summed E-state index contributed by atoms with van der Waals surface area (Å²) in [5.41, 5.74) is 1.94. The highest BCUT2D eigenvalue weighted by Gasteiger charge is 2.12. The number of hydrogen-bond acceptors (Lipinski definition) is 4. The maximum atomic E-state index is 10.8. The Morgan fingerprint density at radius 2 is 2.05 bits per heavy atom. The second kappa shape index (κ2) is 5.02. The molecule has 100 valence electrons. The van der Waals surface area contributed by atoms with Crippen molar-refractivity contribution in [1.29, 1.82) is 0 Å². The van der Waals surface area contributed by atoms with E-state index in [1.165, 1.54) is 17.8 Å². The van der Waals surface area contributed by atoms with Crippen LogP contribution in [0.2, 0.25) is 0 Å². The fraction of sp³-hybridized carbons (Fsp3) is 0.0667. The summed E-state index contributed by atoms with van der Waals surface area (Å²) in [6.07, 6.45) is 0. The van der Waals surface area contributed by atoms with Gasteiger partial charge in [0.1, 0.15) is 5.03 Å². The lowest BCUT2D eigenvalue weighted by Crippen LogP contribution is -1.91. The van der Waals surface area contributed by atoms with Crippen LogP contribution in [0.4, 0.5) is 0 Å². The number of rotatable bonds is 3. The molecule has 2 aromatic heterocycles. The summed E-state index contributed by atoms with van der Waals surface area (Å²) >= 11 is 1.33. The number of hydrogen-bond donors (Lipinski definition) is 1. The van der Waals surface area contributed by atoms with E-state index in [2.05, 4.69) is 11.1 Å². The molecule has 2 heterocycles. The summed E-state index contributed by atoms with van der Waals surface area (Å²) in [4.78, 5) is 15.4. The molecule has 1 aromatic carbocycles. The molecule has 0 atom stereocenters. The molecule has 5 heteroatoms. The summed E-state index contributed by atoms with van der Waals surface area (Å²) in [6.45, 7) is 1.98. The van der Waals surface area contributed by atoms with Gasteiger partial charge < -0.3 is 9.52 Å². The first-order chi connectivity index (χ1) is 9.63. The molecule has 0 fully saturated rings. The van der Waals surface area contributed by atoms with E-state index in [0.29, 0.717) is 5.09 Å². The third-order valence-corrected chi connectivity index (χ3v) is 3.88. The standard InChI is InChI=1S/C15H11NO3S/c1-9-8-10-4-2-3-5-11(10)16-14(9)20-13-7-6-12(19-13)15(17)18/h2-8H,1H3,(H,17,18). The number of carboxylic acid groups (broad SMARTS) is 1. The number of furan rings is 1. The van der Waals surface area contributed by atoms with Crippen LogP contribution >= 0.6 is 11.8 Å². The number of aromatic nitrogens is 1. The maximum absolute atomic E-state index is 10.8. The molecule has 0 spiro atoms. The highest BCUT2D eigenvalue weighted by molar-refractivity contribution is 7.99. The minimum absolute atomic E-state index is 0.0639. The average molecular weight is 285 g/mol. The van der Waals surface area contributed by atoms with E-state index in [0.717, 1.165) is 21.5 Å². The molecule has 1 N–H and O–H groups in total. The van der Waals surface area contributed by atoms with Gasteiger partial charge in [0.15, 0.2) is 5.09 Å². The molecule has 3 rings (SSSR count). The molecule has 0 amide bonds. The van der Waals surface area contributed by atoms with E-state index in [-0.39, 0.29) is 5.76 Å². The number of para-hydroxylation sites is 1. The van der Waals surface area contributed by atoms with Gasteiger partial charge in [-0.15, -0.1) is 0 Å². The highest BCUT2D eigenvalue weighted by Crippen LogP contribution is 2.31. The Labute approximate surface area is 119 Å². The molecule has 4 nitrogen and oxygen atoms in total. The van der Waals surface area contributed by atoms with Gasteiger partial charge in [0.05, 0.1) is 5.52 Å². The van der Waals surface area contributed by atoms with Crippen molar-refractivity contribution in [2.45, 2.75) is 17.0 Å². The SMILES string of the molecule is Cc1cc2ccccc2nc1Sc1ccc(C(=O)O)o1. The lowest BCUT2D eigenvalue weighted by atomic mass is 10.2. The normalized spacial score (nSPS) is 10.8. The Kier molecular flexibility index (Phi) is 3.20. The second-order valence-electron chi connectivity index (χ2n) is 4.33. The Morgan fingerprint density at radius 1 is 1.25 bits per heavy atom. The zero-order chi connectivity index (χ0) is 14.1. The van der Waals surface area contributed by atoms with Crippen LogP contribution < -0.4 is 0 Å². The van der Waals surface area contributed by atoms with Gasteiger partial charge >= 0.3 is 5.97 Å². The summed E-state index contributed by atoms with van der Waals surface area (Å²) in [7, 11) is 0.